The van der Waals surface area contributed by atoms with Gasteiger partial charge < -0.3 is 10.1 Å². The van der Waals surface area contributed by atoms with Gasteiger partial charge in [-0.05, 0) is 31.5 Å². The number of halogens is 1. The highest BCUT2D eigenvalue weighted by Gasteiger charge is 2.14. The van der Waals surface area contributed by atoms with Crippen LogP contribution in [-0.2, 0) is 4.74 Å². The number of rotatable bonds is 4. The van der Waals surface area contributed by atoms with E-state index in [1.807, 2.05) is 13.8 Å². The zero-order chi connectivity index (χ0) is 13.8. The number of hydrogen-bond donors (Lipinski definition) is 1. The molecule has 1 N–H and O–H groups in total. The fraction of sp³-hybridized carbons (Fsp3) is 0.385. The van der Waals surface area contributed by atoms with Crippen molar-refractivity contribution in [2.24, 2.45) is 0 Å². The molecule has 102 valence electrons. The van der Waals surface area contributed by atoms with Crippen LogP contribution in [0.1, 0.15) is 31.3 Å². The Labute approximate surface area is 114 Å². The number of amides is 1. The molecule has 1 aromatic carbocycles. The minimum Gasteiger partial charge on any atom is -0.450 e. The van der Waals surface area contributed by atoms with Crippen molar-refractivity contribution in [1.82, 2.24) is 10.3 Å². The quantitative estimate of drug-likeness (QED) is 0.931. The van der Waals surface area contributed by atoms with Gasteiger partial charge in [-0.15, -0.1) is 11.3 Å². The van der Waals surface area contributed by atoms with E-state index in [4.69, 9.17) is 4.74 Å². The third kappa shape index (κ3) is 3.41. The molecule has 0 spiro atoms. The van der Waals surface area contributed by atoms with Crippen LogP contribution >= 0.6 is 11.3 Å². The highest BCUT2D eigenvalue weighted by Crippen LogP contribution is 2.26. The van der Waals surface area contributed by atoms with Gasteiger partial charge in [-0.1, -0.05) is 6.92 Å². The summed E-state index contributed by atoms with van der Waals surface area (Å²) in [6, 6.07) is 4.19. The van der Waals surface area contributed by atoms with Crippen molar-refractivity contribution in [1.29, 1.82) is 0 Å². The first kappa shape index (κ1) is 13.7. The number of nitrogens with zero attached hydrogens (tertiary/aromatic N) is 1. The highest BCUT2D eigenvalue weighted by atomic mass is 32.1. The summed E-state index contributed by atoms with van der Waals surface area (Å²) in [5.74, 6) is -0.286. The summed E-state index contributed by atoms with van der Waals surface area (Å²) in [4.78, 5) is 15.8. The first-order valence-corrected chi connectivity index (χ1v) is 6.91. The third-order valence-corrected chi connectivity index (χ3v) is 3.71. The van der Waals surface area contributed by atoms with Crippen molar-refractivity contribution in [2.75, 3.05) is 6.61 Å². The van der Waals surface area contributed by atoms with E-state index < -0.39 is 6.09 Å². The van der Waals surface area contributed by atoms with E-state index >= 15 is 0 Å². The summed E-state index contributed by atoms with van der Waals surface area (Å²) in [5.41, 5.74) is 0.733. The van der Waals surface area contributed by atoms with Gasteiger partial charge >= 0.3 is 6.09 Å². The molecular weight excluding hydrogens is 267 g/mol. The van der Waals surface area contributed by atoms with Gasteiger partial charge in [0.05, 0.1) is 22.9 Å². The predicted molar refractivity (Wildman–Crippen MR) is 72.8 cm³/mol. The maximum absolute atomic E-state index is 13.1. The molecule has 1 atom stereocenters. The minimum absolute atomic E-state index is 0.259. The zero-order valence-corrected chi connectivity index (χ0v) is 11.6. The van der Waals surface area contributed by atoms with Gasteiger partial charge in [-0.25, -0.2) is 14.2 Å². The Hall–Kier alpha value is -1.69. The highest BCUT2D eigenvalue weighted by molar-refractivity contribution is 7.18. The Balaban J connectivity index is 2.08. The number of hydrogen-bond acceptors (Lipinski definition) is 4. The summed E-state index contributed by atoms with van der Waals surface area (Å²) in [7, 11) is 0. The standard InChI is InChI=1S/C13H15FN2O2S/c1-3-6-18-13(17)15-8(2)12-16-10-5-4-9(14)7-11(10)19-12/h4-5,7-8H,3,6H2,1-2H3,(H,15,17). The molecule has 0 aliphatic heterocycles. The van der Waals surface area contributed by atoms with Crippen LogP contribution in [0.3, 0.4) is 0 Å². The smallest absolute Gasteiger partial charge is 0.407 e. The summed E-state index contributed by atoms with van der Waals surface area (Å²) in [5, 5.41) is 3.43. The summed E-state index contributed by atoms with van der Waals surface area (Å²) in [6.07, 6.45) is 0.321. The van der Waals surface area contributed by atoms with Crippen molar-refractivity contribution in [3.05, 3.63) is 29.0 Å². The number of carbonyl (C=O) groups is 1. The fourth-order valence-corrected chi connectivity index (χ4v) is 2.57. The van der Waals surface area contributed by atoms with Gasteiger partial charge in [0.2, 0.25) is 0 Å². The average molecular weight is 282 g/mol. The van der Waals surface area contributed by atoms with E-state index in [0.29, 0.717) is 6.61 Å². The SMILES string of the molecule is CCCOC(=O)NC(C)c1nc2ccc(F)cc2s1. The van der Waals surface area contributed by atoms with Crippen LogP contribution in [0.5, 0.6) is 0 Å². The van der Waals surface area contributed by atoms with Gasteiger partial charge in [-0.2, -0.15) is 0 Å². The molecule has 1 heterocycles. The molecular formula is C13H15FN2O2S. The van der Waals surface area contributed by atoms with Gasteiger partial charge in [0.25, 0.3) is 0 Å². The van der Waals surface area contributed by atoms with E-state index in [2.05, 4.69) is 10.3 Å². The van der Waals surface area contributed by atoms with Crippen molar-refractivity contribution < 1.29 is 13.9 Å². The number of thiazole rings is 1. The number of nitrogens with one attached hydrogen (secondary N) is 1. The first-order valence-electron chi connectivity index (χ1n) is 6.09. The lowest BCUT2D eigenvalue weighted by molar-refractivity contribution is 0.143. The Morgan fingerprint density at radius 2 is 2.37 bits per heavy atom. The van der Waals surface area contributed by atoms with E-state index in [-0.39, 0.29) is 11.9 Å². The molecule has 4 nitrogen and oxygen atoms in total. The maximum atomic E-state index is 13.1. The normalized spacial score (nSPS) is 12.4. The Morgan fingerprint density at radius 1 is 1.58 bits per heavy atom. The van der Waals surface area contributed by atoms with E-state index in [1.165, 1.54) is 23.5 Å². The molecule has 6 heteroatoms. The van der Waals surface area contributed by atoms with Gasteiger partial charge in [0.1, 0.15) is 10.8 Å². The predicted octanol–water partition coefficient (Wildman–Crippen LogP) is 3.63. The van der Waals surface area contributed by atoms with Crippen molar-refractivity contribution in [3.8, 4) is 0 Å². The largest absolute Gasteiger partial charge is 0.450 e. The monoisotopic (exact) mass is 282 g/mol. The molecule has 0 radical (unpaired) electrons. The lowest BCUT2D eigenvalue weighted by atomic mass is 10.3. The molecule has 0 aliphatic carbocycles. The average Bonchev–Trinajstić information content (AvgIpc) is 2.79. The molecule has 0 saturated carbocycles. The second-order valence-corrected chi connectivity index (χ2v) is 5.23. The molecule has 1 aromatic heterocycles. The van der Waals surface area contributed by atoms with Crippen molar-refractivity contribution in [3.63, 3.8) is 0 Å². The number of fused-ring (bicyclic) bond motifs is 1. The first-order chi connectivity index (χ1) is 9.10. The molecule has 2 aromatic rings. The second-order valence-electron chi connectivity index (χ2n) is 4.17. The van der Waals surface area contributed by atoms with Crippen LogP contribution in [0, 0.1) is 5.82 Å². The van der Waals surface area contributed by atoms with Crippen molar-refractivity contribution in [2.45, 2.75) is 26.3 Å². The van der Waals surface area contributed by atoms with Gasteiger partial charge in [0.15, 0.2) is 0 Å². The molecule has 2 rings (SSSR count). The number of alkyl carbamates (subject to hydrolysis) is 1. The molecule has 0 saturated heterocycles. The Bertz CT molecular complexity index is 585. The topological polar surface area (TPSA) is 51.2 Å². The molecule has 1 amide bonds. The minimum atomic E-state index is -0.459. The van der Waals surface area contributed by atoms with Crippen LogP contribution in [0.15, 0.2) is 18.2 Å². The molecule has 0 bridgehead atoms. The maximum Gasteiger partial charge on any atom is 0.407 e. The number of ether oxygens (including phenoxy) is 1. The summed E-state index contributed by atoms with van der Waals surface area (Å²) in [6.45, 7) is 4.14. The molecule has 0 fully saturated rings. The molecule has 0 aliphatic rings. The van der Waals surface area contributed by atoms with Crippen molar-refractivity contribution >= 4 is 27.6 Å². The van der Waals surface area contributed by atoms with Crippen LogP contribution in [0.25, 0.3) is 10.2 Å². The number of carbonyl (C=O) groups excluding carboxylic acids is 1. The zero-order valence-electron chi connectivity index (χ0n) is 10.8. The summed E-state index contributed by atoms with van der Waals surface area (Å²) < 4.78 is 18.8. The fourth-order valence-electron chi connectivity index (χ4n) is 1.58. The lowest BCUT2D eigenvalue weighted by Gasteiger charge is -2.10. The van der Waals surface area contributed by atoms with E-state index in [0.717, 1.165) is 21.6 Å². The lowest BCUT2D eigenvalue weighted by Crippen LogP contribution is -2.27. The second kappa shape index (κ2) is 5.97. The number of benzene rings is 1. The van der Waals surface area contributed by atoms with E-state index in [1.54, 1.807) is 6.07 Å². The summed E-state index contributed by atoms with van der Waals surface area (Å²) >= 11 is 1.36. The Kier molecular flexibility index (Phi) is 4.31. The molecule has 19 heavy (non-hydrogen) atoms. The van der Waals surface area contributed by atoms with Crippen LogP contribution in [0.4, 0.5) is 9.18 Å². The Morgan fingerprint density at radius 3 is 3.11 bits per heavy atom. The third-order valence-electron chi connectivity index (χ3n) is 2.51. The number of aromatic nitrogens is 1. The molecule has 1 unspecified atom stereocenters. The van der Waals surface area contributed by atoms with Crippen LogP contribution in [-0.4, -0.2) is 17.7 Å². The van der Waals surface area contributed by atoms with Gasteiger partial charge in [-0.3, -0.25) is 0 Å². The van der Waals surface area contributed by atoms with Crippen LogP contribution < -0.4 is 5.32 Å². The van der Waals surface area contributed by atoms with Crippen LogP contribution in [0.2, 0.25) is 0 Å². The van der Waals surface area contributed by atoms with Gasteiger partial charge in [0, 0.05) is 0 Å². The van der Waals surface area contributed by atoms with E-state index in [9.17, 15) is 9.18 Å².